The maximum Gasteiger partial charge on any atom is 0.227 e. The lowest BCUT2D eigenvalue weighted by molar-refractivity contribution is -0.246. The summed E-state index contributed by atoms with van der Waals surface area (Å²) >= 11 is 0. The van der Waals surface area contributed by atoms with Gasteiger partial charge in [-0.25, -0.2) is 4.39 Å². The standard InChI is InChI=1S/C9H17FO3/c1-4(2)8-5(3)6(11)7(12)9(10)13-8/h4-9,11-12H,1-3H3. The van der Waals surface area contributed by atoms with Crippen molar-refractivity contribution < 1.29 is 19.3 Å². The van der Waals surface area contributed by atoms with Gasteiger partial charge in [0.15, 0.2) is 0 Å². The van der Waals surface area contributed by atoms with Gasteiger partial charge in [0, 0.05) is 5.92 Å². The Morgan fingerprint density at radius 1 is 1.23 bits per heavy atom. The molecule has 3 nitrogen and oxygen atoms in total. The van der Waals surface area contributed by atoms with Crippen molar-refractivity contribution in [3.8, 4) is 0 Å². The lowest BCUT2D eigenvalue weighted by atomic mass is 9.85. The molecule has 1 rings (SSSR count). The molecule has 0 spiro atoms. The highest BCUT2D eigenvalue weighted by atomic mass is 19.1. The number of halogens is 1. The van der Waals surface area contributed by atoms with Gasteiger partial charge in [-0.3, -0.25) is 0 Å². The van der Waals surface area contributed by atoms with Gasteiger partial charge in [0.25, 0.3) is 0 Å². The number of alkyl halides is 1. The zero-order valence-corrected chi connectivity index (χ0v) is 8.14. The highest BCUT2D eigenvalue weighted by Crippen LogP contribution is 2.30. The van der Waals surface area contributed by atoms with Crippen molar-refractivity contribution in [1.82, 2.24) is 0 Å². The highest BCUT2D eigenvalue weighted by Gasteiger charge is 2.43. The summed E-state index contributed by atoms with van der Waals surface area (Å²) in [4.78, 5) is 0. The Morgan fingerprint density at radius 3 is 2.23 bits per heavy atom. The van der Waals surface area contributed by atoms with Crippen molar-refractivity contribution in [1.29, 1.82) is 0 Å². The molecule has 0 bridgehead atoms. The number of aliphatic hydroxyl groups is 2. The van der Waals surface area contributed by atoms with Crippen LogP contribution in [0.1, 0.15) is 20.8 Å². The molecule has 1 aliphatic heterocycles. The van der Waals surface area contributed by atoms with Gasteiger partial charge in [-0.1, -0.05) is 20.8 Å². The van der Waals surface area contributed by atoms with E-state index in [0.29, 0.717) is 0 Å². The Hall–Kier alpha value is -0.190. The van der Waals surface area contributed by atoms with Gasteiger partial charge in [0.05, 0.1) is 12.2 Å². The highest BCUT2D eigenvalue weighted by molar-refractivity contribution is 4.87. The number of hydrogen-bond donors (Lipinski definition) is 2. The van der Waals surface area contributed by atoms with Gasteiger partial charge >= 0.3 is 0 Å². The molecule has 0 radical (unpaired) electrons. The summed E-state index contributed by atoms with van der Waals surface area (Å²) in [5.74, 6) is -0.0996. The van der Waals surface area contributed by atoms with E-state index in [1.807, 2.05) is 13.8 Å². The number of ether oxygens (including phenoxy) is 1. The second-order valence-electron chi connectivity index (χ2n) is 4.04. The van der Waals surface area contributed by atoms with Crippen LogP contribution >= 0.6 is 0 Å². The van der Waals surface area contributed by atoms with Crippen LogP contribution < -0.4 is 0 Å². The van der Waals surface area contributed by atoms with Gasteiger partial charge in [0.2, 0.25) is 6.36 Å². The van der Waals surface area contributed by atoms with Crippen molar-refractivity contribution in [2.45, 2.75) is 45.4 Å². The largest absolute Gasteiger partial charge is 0.390 e. The summed E-state index contributed by atoms with van der Waals surface area (Å²) in [6, 6.07) is 0. The molecule has 5 unspecified atom stereocenters. The van der Waals surface area contributed by atoms with Crippen LogP contribution in [0, 0.1) is 11.8 Å². The zero-order chi connectivity index (χ0) is 10.2. The monoisotopic (exact) mass is 192 g/mol. The van der Waals surface area contributed by atoms with Crippen molar-refractivity contribution in [3.63, 3.8) is 0 Å². The summed E-state index contributed by atoms with van der Waals surface area (Å²) in [6.45, 7) is 5.56. The first-order valence-electron chi connectivity index (χ1n) is 4.60. The maximum absolute atomic E-state index is 13.0. The van der Waals surface area contributed by atoms with Gasteiger partial charge in [0.1, 0.15) is 6.10 Å². The second kappa shape index (κ2) is 3.90. The molecule has 2 N–H and O–H groups in total. The maximum atomic E-state index is 13.0. The molecule has 1 fully saturated rings. The fourth-order valence-electron chi connectivity index (χ4n) is 1.78. The third-order valence-electron chi connectivity index (χ3n) is 2.62. The smallest absolute Gasteiger partial charge is 0.227 e. The van der Waals surface area contributed by atoms with Gasteiger partial charge in [-0.15, -0.1) is 0 Å². The molecule has 5 atom stereocenters. The molecule has 13 heavy (non-hydrogen) atoms. The Balaban J connectivity index is 2.70. The Bertz CT molecular complexity index is 174. The molecular weight excluding hydrogens is 175 g/mol. The van der Waals surface area contributed by atoms with E-state index in [9.17, 15) is 9.50 Å². The lowest BCUT2D eigenvalue weighted by Gasteiger charge is -2.40. The topological polar surface area (TPSA) is 49.7 Å². The van der Waals surface area contributed by atoms with Gasteiger partial charge in [-0.2, -0.15) is 0 Å². The SMILES string of the molecule is CC(C)C1OC(F)C(O)C(O)C1C. The van der Waals surface area contributed by atoms with Gasteiger partial charge in [-0.05, 0) is 5.92 Å². The molecule has 0 aromatic carbocycles. The average molecular weight is 192 g/mol. The fourth-order valence-corrected chi connectivity index (χ4v) is 1.78. The Labute approximate surface area is 77.5 Å². The van der Waals surface area contributed by atoms with Crippen molar-refractivity contribution in [2.75, 3.05) is 0 Å². The van der Waals surface area contributed by atoms with Gasteiger partial charge < -0.3 is 14.9 Å². The summed E-state index contributed by atoms with van der Waals surface area (Å²) in [7, 11) is 0. The van der Waals surface area contributed by atoms with Crippen LogP contribution in [-0.4, -0.2) is 34.9 Å². The average Bonchev–Trinajstić information content (AvgIpc) is 2.07. The number of hydrogen-bond acceptors (Lipinski definition) is 3. The van der Waals surface area contributed by atoms with Crippen LogP contribution in [0.3, 0.4) is 0 Å². The minimum Gasteiger partial charge on any atom is -0.390 e. The summed E-state index contributed by atoms with van der Waals surface area (Å²) in [6.07, 6.45) is -4.53. The predicted molar refractivity (Wildman–Crippen MR) is 45.8 cm³/mol. The first-order chi connectivity index (χ1) is 5.95. The molecule has 0 amide bonds. The van der Waals surface area contributed by atoms with E-state index in [0.717, 1.165) is 0 Å². The van der Waals surface area contributed by atoms with Crippen LogP contribution in [0.25, 0.3) is 0 Å². The summed E-state index contributed by atoms with van der Waals surface area (Å²) in [5, 5.41) is 18.6. The quantitative estimate of drug-likeness (QED) is 0.642. The van der Waals surface area contributed by atoms with Crippen LogP contribution in [0.4, 0.5) is 4.39 Å². The first-order valence-corrected chi connectivity index (χ1v) is 4.60. The van der Waals surface area contributed by atoms with Crippen LogP contribution in [0.2, 0.25) is 0 Å². The normalized spacial score (nSPS) is 46.8. The molecule has 1 aliphatic rings. The molecule has 0 saturated carbocycles. The van der Waals surface area contributed by atoms with Crippen LogP contribution in [0.15, 0.2) is 0 Å². The number of aliphatic hydroxyl groups excluding tert-OH is 2. The molecule has 0 aromatic rings. The van der Waals surface area contributed by atoms with E-state index >= 15 is 0 Å². The minimum absolute atomic E-state index is 0.135. The second-order valence-corrected chi connectivity index (χ2v) is 4.04. The van der Waals surface area contributed by atoms with E-state index in [1.54, 1.807) is 6.92 Å². The molecule has 1 saturated heterocycles. The Morgan fingerprint density at radius 2 is 1.77 bits per heavy atom. The molecule has 78 valence electrons. The summed E-state index contributed by atoms with van der Waals surface area (Å²) in [5.41, 5.74) is 0. The number of rotatable bonds is 1. The van der Waals surface area contributed by atoms with E-state index in [2.05, 4.69) is 0 Å². The predicted octanol–water partition coefficient (Wildman–Crippen LogP) is 0.695. The molecule has 0 aromatic heterocycles. The fraction of sp³-hybridized carbons (Fsp3) is 1.00. The first kappa shape index (κ1) is 10.9. The zero-order valence-electron chi connectivity index (χ0n) is 8.14. The van der Waals surface area contributed by atoms with E-state index in [1.165, 1.54) is 0 Å². The minimum atomic E-state index is -1.77. The molecule has 0 aliphatic carbocycles. The van der Waals surface area contributed by atoms with E-state index in [-0.39, 0.29) is 17.9 Å². The molecule has 1 heterocycles. The van der Waals surface area contributed by atoms with E-state index < -0.39 is 18.6 Å². The van der Waals surface area contributed by atoms with Crippen molar-refractivity contribution in [3.05, 3.63) is 0 Å². The van der Waals surface area contributed by atoms with Crippen LogP contribution in [0.5, 0.6) is 0 Å². The third kappa shape index (κ3) is 2.00. The molecular formula is C9H17FO3. The lowest BCUT2D eigenvalue weighted by Crippen LogP contribution is -2.53. The van der Waals surface area contributed by atoms with Crippen molar-refractivity contribution >= 4 is 0 Å². The van der Waals surface area contributed by atoms with Crippen molar-refractivity contribution in [2.24, 2.45) is 11.8 Å². The third-order valence-corrected chi connectivity index (χ3v) is 2.62. The van der Waals surface area contributed by atoms with Crippen LogP contribution in [-0.2, 0) is 4.74 Å². The van der Waals surface area contributed by atoms with E-state index in [4.69, 9.17) is 9.84 Å². The molecule has 4 heteroatoms. The summed E-state index contributed by atoms with van der Waals surface area (Å²) < 4.78 is 17.9. The Kier molecular flexibility index (Phi) is 3.27.